The monoisotopic (exact) mass is 742 g/mol. The van der Waals surface area contributed by atoms with Crippen LogP contribution in [0.2, 0.25) is 10.0 Å². The van der Waals surface area contributed by atoms with E-state index in [0.717, 1.165) is 22.3 Å². The molecule has 0 spiro atoms. The molecule has 8 heteroatoms. The van der Waals surface area contributed by atoms with Crippen molar-refractivity contribution in [1.29, 1.82) is 0 Å². The number of hydrogen-bond donors (Lipinski definition) is 0. The van der Waals surface area contributed by atoms with Gasteiger partial charge in [0.1, 0.15) is 0 Å². The predicted molar refractivity (Wildman–Crippen MR) is 215 cm³/mol. The summed E-state index contributed by atoms with van der Waals surface area (Å²) in [4.78, 5) is 53.0. The van der Waals surface area contributed by atoms with E-state index in [0.29, 0.717) is 78.3 Å². The number of halogens is 2. The Morgan fingerprint density at radius 2 is 0.741 bits per heavy atom. The van der Waals surface area contributed by atoms with Crippen molar-refractivity contribution in [2.45, 2.75) is 13.1 Å². The average Bonchev–Trinajstić information content (AvgIpc) is 3.66. The second-order valence-corrected chi connectivity index (χ2v) is 14.2. The number of rotatable bonds is 4. The molecule has 260 valence electrons. The number of nitrogens with zero attached hydrogens (tertiary/aromatic N) is 2. The highest BCUT2D eigenvalue weighted by molar-refractivity contribution is 6.33. The van der Waals surface area contributed by atoms with Crippen LogP contribution in [0.5, 0.6) is 0 Å². The summed E-state index contributed by atoms with van der Waals surface area (Å²) >= 11 is 12.3. The van der Waals surface area contributed by atoms with Gasteiger partial charge < -0.3 is 9.13 Å². The first-order valence-corrected chi connectivity index (χ1v) is 18.1. The Morgan fingerprint density at radius 1 is 0.389 bits per heavy atom. The Morgan fingerprint density at radius 3 is 1.13 bits per heavy atom. The van der Waals surface area contributed by atoms with Gasteiger partial charge in [0.2, 0.25) is 0 Å². The third-order valence-electron chi connectivity index (χ3n) is 10.1. The van der Waals surface area contributed by atoms with E-state index in [4.69, 9.17) is 23.2 Å². The molecule has 0 saturated heterocycles. The maximum absolute atomic E-state index is 13.4. The number of pyridine rings is 2. The SMILES string of the molecule is O=C1c2ccccc2-c2c1c1ccc(Cl)cc1c(=O)n2Cc1ccccc1.O=C1c2ccccc2-c2c1c1ccc(Cl)cc1c(=O)n2Cc1ccccc1. The minimum atomic E-state index is -0.139. The molecule has 0 N–H and O–H groups in total. The molecular weight excluding hydrogens is 715 g/mol. The Labute approximate surface area is 319 Å². The molecule has 2 aromatic heterocycles. The van der Waals surface area contributed by atoms with Crippen LogP contribution in [0.4, 0.5) is 0 Å². The Bertz CT molecular complexity index is 2780. The molecule has 8 aromatic rings. The fourth-order valence-electron chi connectivity index (χ4n) is 7.74. The van der Waals surface area contributed by atoms with Gasteiger partial charge in [-0.1, -0.05) is 145 Å². The third-order valence-corrected chi connectivity index (χ3v) is 10.6. The lowest BCUT2D eigenvalue weighted by molar-refractivity contribution is 0.103. The maximum atomic E-state index is 13.4. The highest BCUT2D eigenvalue weighted by Gasteiger charge is 2.34. The summed E-state index contributed by atoms with van der Waals surface area (Å²) in [6.45, 7) is 0.790. The van der Waals surface area contributed by atoms with Crippen LogP contribution in [-0.4, -0.2) is 20.7 Å². The van der Waals surface area contributed by atoms with E-state index in [2.05, 4.69) is 0 Å². The first kappa shape index (κ1) is 33.5. The van der Waals surface area contributed by atoms with Crippen molar-refractivity contribution < 1.29 is 9.59 Å². The Balaban J connectivity index is 0.000000142. The van der Waals surface area contributed by atoms with Crippen LogP contribution in [0.1, 0.15) is 43.0 Å². The third kappa shape index (κ3) is 5.42. The molecule has 6 aromatic carbocycles. The van der Waals surface area contributed by atoms with Crippen LogP contribution >= 0.6 is 23.2 Å². The fraction of sp³-hybridized carbons (Fsp3) is 0.0435. The van der Waals surface area contributed by atoms with Crippen molar-refractivity contribution in [3.05, 3.63) is 210 Å². The molecular formula is C46H28Cl2N2O4. The summed E-state index contributed by atoms with van der Waals surface area (Å²) < 4.78 is 3.40. The first-order chi connectivity index (χ1) is 26.3. The minimum absolute atomic E-state index is 0.0465. The van der Waals surface area contributed by atoms with Gasteiger partial charge in [0, 0.05) is 53.8 Å². The van der Waals surface area contributed by atoms with Gasteiger partial charge >= 0.3 is 0 Å². The summed E-state index contributed by atoms with van der Waals surface area (Å²) in [6.07, 6.45) is 0. The molecule has 2 aliphatic rings. The molecule has 0 unspecified atom stereocenters. The summed E-state index contributed by atoms with van der Waals surface area (Å²) in [6, 6.07) is 44.8. The lowest BCUT2D eigenvalue weighted by Gasteiger charge is -2.15. The molecule has 0 aliphatic heterocycles. The highest BCUT2D eigenvalue weighted by Crippen LogP contribution is 2.41. The number of carbonyl (C=O) groups is 2. The van der Waals surface area contributed by atoms with Gasteiger partial charge in [-0.2, -0.15) is 0 Å². The van der Waals surface area contributed by atoms with Gasteiger partial charge in [-0.15, -0.1) is 0 Å². The van der Waals surface area contributed by atoms with Crippen LogP contribution in [0.15, 0.2) is 155 Å². The van der Waals surface area contributed by atoms with Gasteiger partial charge in [0.25, 0.3) is 11.1 Å². The zero-order valence-corrected chi connectivity index (χ0v) is 30.1. The molecule has 0 fully saturated rings. The van der Waals surface area contributed by atoms with Gasteiger partial charge in [0.15, 0.2) is 11.6 Å². The molecule has 6 nitrogen and oxygen atoms in total. The van der Waals surface area contributed by atoms with Crippen molar-refractivity contribution in [3.63, 3.8) is 0 Å². The van der Waals surface area contributed by atoms with Gasteiger partial charge in [-0.05, 0) is 35.4 Å². The number of hydrogen-bond acceptors (Lipinski definition) is 4. The first-order valence-electron chi connectivity index (χ1n) is 17.4. The second kappa shape index (κ2) is 13.3. The van der Waals surface area contributed by atoms with Crippen molar-refractivity contribution in [2.75, 3.05) is 0 Å². The summed E-state index contributed by atoms with van der Waals surface area (Å²) in [5.74, 6) is -0.0931. The van der Waals surface area contributed by atoms with Crippen LogP contribution in [-0.2, 0) is 13.1 Å². The molecule has 0 bridgehead atoms. The van der Waals surface area contributed by atoms with E-state index >= 15 is 0 Å². The highest BCUT2D eigenvalue weighted by atomic mass is 35.5. The summed E-state index contributed by atoms with van der Waals surface area (Å²) in [7, 11) is 0. The number of aromatic nitrogens is 2. The molecule has 0 atom stereocenters. The lowest BCUT2D eigenvalue weighted by Crippen LogP contribution is -2.24. The molecule has 2 aliphatic carbocycles. The van der Waals surface area contributed by atoms with Crippen LogP contribution in [0.25, 0.3) is 44.1 Å². The van der Waals surface area contributed by atoms with E-state index in [1.807, 2.05) is 109 Å². The largest absolute Gasteiger partial charge is 0.303 e. The van der Waals surface area contributed by atoms with Gasteiger partial charge in [0.05, 0.1) is 35.6 Å². The average molecular weight is 744 g/mol. The summed E-state index contributed by atoms with van der Waals surface area (Å²) in [5.41, 5.74) is 7.16. The van der Waals surface area contributed by atoms with Crippen LogP contribution in [0.3, 0.4) is 0 Å². The van der Waals surface area contributed by atoms with E-state index in [1.54, 1.807) is 45.5 Å². The van der Waals surface area contributed by atoms with Crippen molar-refractivity contribution in [3.8, 4) is 22.5 Å². The smallest absolute Gasteiger partial charge is 0.259 e. The molecule has 2 heterocycles. The second-order valence-electron chi connectivity index (χ2n) is 13.3. The zero-order valence-electron chi connectivity index (χ0n) is 28.6. The number of ketones is 2. The topological polar surface area (TPSA) is 78.1 Å². The number of carbonyl (C=O) groups excluding carboxylic acids is 2. The summed E-state index contributed by atoms with van der Waals surface area (Å²) in [5, 5.41) is 3.22. The molecule has 54 heavy (non-hydrogen) atoms. The Kier molecular flexibility index (Phi) is 8.22. The molecule has 10 rings (SSSR count). The quantitative estimate of drug-likeness (QED) is 0.180. The number of benzene rings is 6. The van der Waals surface area contributed by atoms with Gasteiger partial charge in [-0.25, -0.2) is 0 Å². The molecule has 0 radical (unpaired) electrons. The van der Waals surface area contributed by atoms with E-state index in [9.17, 15) is 19.2 Å². The Hall–Kier alpha value is -6.34. The van der Waals surface area contributed by atoms with Crippen molar-refractivity contribution in [1.82, 2.24) is 9.13 Å². The minimum Gasteiger partial charge on any atom is -0.303 e. The van der Waals surface area contributed by atoms with Gasteiger partial charge in [-0.3, -0.25) is 19.2 Å². The maximum Gasteiger partial charge on any atom is 0.259 e. The zero-order chi connectivity index (χ0) is 37.1. The predicted octanol–water partition coefficient (Wildman–Crippen LogP) is 9.83. The van der Waals surface area contributed by atoms with Crippen molar-refractivity contribution in [2.24, 2.45) is 0 Å². The standard InChI is InChI=1S/2C23H14ClNO2/c2*24-15-10-11-16-19(12-15)23(27)25(13-14-6-2-1-3-7-14)21-17-8-4-5-9-18(17)22(26)20(16)21/h2*1-12H,13H2. The van der Waals surface area contributed by atoms with Crippen molar-refractivity contribution >= 4 is 56.3 Å². The number of fused-ring (bicyclic) bond motifs is 10. The van der Waals surface area contributed by atoms with Crippen LogP contribution < -0.4 is 11.1 Å². The van der Waals surface area contributed by atoms with E-state index < -0.39 is 0 Å². The fourth-order valence-corrected chi connectivity index (χ4v) is 8.08. The normalized spacial score (nSPS) is 12.3. The van der Waals surface area contributed by atoms with Crippen LogP contribution in [0, 0.1) is 0 Å². The van der Waals surface area contributed by atoms with E-state index in [1.165, 1.54) is 0 Å². The molecule has 0 saturated carbocycles. The van der Waals surface area contributed by atoms with E-state index in [-0.39, 0.29) is 22.7 Å². The molecule has 0 amide bonds. The lowest BCUT2D eigenvalue weighted by atomic mass is 10.0.